The standard InChI is InChI=1S/C21H22N4O2/c1-21(2,3)16-9-7-14(8-10-16)20(26)25-12-15(13-25)19-23-18(24-27-19)17-6-4-5-11-22-17/h4-11,15H,12-13H2,1-3H3. The number of carbonyl (C=O) groups is 1. The minimum absolute atomic E-state index is 0.0381. The van der Waals surface area contributed by atoms with E-state index in [1.807, 2.05) is 42.5 Å². The molecule has 0 N–H and O–H groups in total. The van der Waals surface area contributed by atoms with Crippen molar-refractivity contribution in [2.24, 2.45) is 0 Å². The molecular weight excluding hydrogens is 340 g/mol. The van der Waals surface area contributed by atoms with E-state index in [9.17, 15) is 4.79 Å². The third-order valence-corrected chi connectivity index (χ3v) is 4.85. The number of benzene rings is 1. The molecule has 1 aliphatic heterocycles. The van der Waals surface area contributed by atoms with Gasteiger partial charge >= 0.3 is 0 Å². The average molecular weight is 362 g/mol. The average Bonchev–Trinajstić information content (AvgIpc) is 3.10. The fourth-order valence-electron chi connectivity index (χ4n) is 3.10. The molecule has 6 nitrogen and oxygen atoms in total. The molecule has 0 radical (unpaired) electrons. The van der Waals surface area contributed by atoms with Gasteiger partial charge in [0.1, 0.15) is 5.69 Å². The Hall–Kier alpha value is -3.02. The van der Waals surface area contributed by atoms with Crippen molar-refractivity contribution in [2.45, 2.75) is 32.1 Å². The molecule has 3 heterocycles. The highest BCUT2D eigenvalue weighted by Gasteiger charge is 2.36. The normalized spacial score (nSPS) is 14.9. The van der Waals surface area contributed by atoms with Gasteiger partial charge in [-0.15, -0.1) is 0 Å². The van der Waals surface area contributed by atoms with Crippen LogP contribution in [0.25, 0.3) is 11.5 Å². The quantitative estimate of drug-likeness (QED) is 0.711. The van der Waals surface area contributed by atoms with E-state index >= 15 is 0 Å². The second-order valence-electron chi connectivity index (χ2n) is 7.91. The van der Waals surface area contributed by atoms with Crippen molar-refractivity contribution in [3.63, 3.8) is 0 Å². The first-order valence-electron chi connectivity index (χ1n) is 9.06. The van der Waals surface area contributed by atoms with Gasteiger partial charge in [0.15, 0.2) is 0 Å². The Kier molecular flexibility index (Phi) is 4.26. The van der Waals surface area contributed by atoms with Crippen molar-refractivity contribution in [1.82, 2.24) is 20.0 Å². The van der Waals surface area contributed by atoms with E-state index in [1.165, 1.54) is 5.56 Å². The Morgan fingerprint density at radius 2 is 1.85 bits per heavy atom. The Labute approximate surface area is 158 Å². The van der Waals surface area contributed by atoms with E-state index in [4.69, 9.17) is 4.52 Å². The zero-order valence-electron chi connectivity index (χ0n) is 15.7. The molecule has 0 aliphatic carbocycles. The molecule has 1 aromatic carbocycles. The van der Waals surface area contributed by atoms with Crippen LogP contribution < -0.4 is 0 Å². The van der Waals surface area contributed by atoms with Crippen molar-refractivity contribution in [2.75, 3.05) is 13.1 Å². The Morgan fingerprint density at radius 3 is 2.48 bits per heavy atom. The summed E-state index contributed by atoms with van der Waals surface area (Å²) in [6.07, 6.45) is 1.69. The monoisotopic (exact) mass is 362 g/mol. The molecule has 0 saturated carbocycles. The predicted octanol–water partition coefficient (Wildman–Crippen LogP) is 3.67. The van der Waals surface area contributed by atoms with Crippen molar-refractivity contribution < 1.29 is 9.32 Å². The molecule has 0 spiro atoms. The van der Waals surface area contributed by atoms with Gasteiger partial charge in [-0.1, -0.05) is 44.1 Å². The Bertz CT molecular complexity index is 936. The van der Waals surface area contributed by atoms with Crippen LogP contribution in [0.3, 0.4) is 0 Å². The van der Waals surface area contributed by atoms with E-state index in [-0.39, 0.29) is 17.2 Å². The maximum Gasteiger partial charge on any atom is 0.253 e. The van der Waals surface area contributed by atoms with Gasteiger partial charge in [-0.2, -0.15) is 4.98 Å². The molecule has 1 amide bonds. The van der Waals surface area contributed by atoms with E-state index in [0.29, 0.717) is 36.1 Å². The van der Waals surface area contributed by atoms with Crippen molar-refractivity contribution in [3.05, 3.63) is 65.7 Å². The van der Waals surface area contributed by atoms with Gasteiger partial charge in [0.05, 0.1) is 5.92 Å². The van der Waals surface area contributed by atoms with Crippen molar-refractivity contribution in [3.8, 4) is 11.5 Å². The fourth-order valence-corrected chi connectivity index (χ4v) is 3.10. The van der Waals surface area contributed by atoms with Crippen LogP contribution in [0.1, 0.15) is 48.5 Å². The van der Waals surface area contributed by atoms with Gasteiger partial charge in [0, 0.05) is 24.8 Å². The highest BCUT2D eigenvalue weighted by molar-refractivity contribution is 5.94. The second kappa shape index (κ2) is 6.61. The lowest BCUT2D eigenvalue weighted by atomic mass is 9.86. The smallest absolute Gasteiger partial charge is 0.253 e. The number of hydrogen-bond donors (Lipinski definition) is 0. The molecule has 138 valence electrons. The number of likely N-dealkylation sites (tertiary alicyclic amines) is 1. The van der Waals surface area contributed by atoms with Crippen LogP contribution >= 0.6 is 0 Å². The molecule has 4 rings (SSSR count). The Morgan fingerprint density at radius 1 is 1.11 bits per heavy atom. The van der Waals surface area contributed by atoms with Crippen molar-refractivity contribution >= 4 is 5.91 Å². The first-order chi connectivity index (χ1) is 12.9. The summed E-state index contributed by atoms with van der Waals surface area (Å²) in [5.41, 5.74) is 2.68. The molecule has 0 atom stereocenters. The van der Waals surface area contributed by atoms with Gasteiger partial charge in [-0.25, -0.2) is 0 Å². The molecule has 2 aromatic heterocycles. The summed E-state index contributed by atoms with van der Waals surface area (Å²) in [5.74, 6) is 1.15. The SMILES string of the molecule is CC(C)(C)c1ccc(C(=O)N2CC(c3nc(-c4ccccn4)no3)C2)cc1. The fraction of sp³-hybridized carbons (Fsp3) is 0.333. The van der Waals surface area contributed by atoms with Crippen LogP contribution in [0.4, 0.5) is 0 Å². The minimum atomic E-state index is 0.0381. The van der Waals surface area contributed by atoms with E-state index in [2.05, 4.69) is 35.9 Å². The molecule has 1 fully saturated rings. The number of rotatable bonds is 3. The third-order valence-electron chi connectivity index (χ3n) is 4.85. The Balaban J connectivity index is 1.39. The van der Waals surface area contributed by atoms with Crippen molar-refractivity contribution in [1.29, 1.82) is 0 Å². The molecule has 6 heteroatoms. The summed E-state index contributed by atoms with van der Waals surface area (Å²) in [6, 6.07) is 13.4. The maximum atomic E-state index is 12.6. The lowest BCUT2D eigenvalue weighted by Crippen LogP contribution is -2.48. The minimum Gasteiger partial charge on any atom is -0.338 e. The van der Waals surface area contributed by atoms with Gasteiger partial charge in [-0.3, -0.25) is 9.78 Å². The van der Waals surface area contributed by atoms with Gasteiger partial charge in [-0.05, 0) is 35.2 Å². The first-order valence-corrected chi connectivity index (χ1v) is 9.06. The number of aromatic nitrogens is 3. The number of nitrogens with zero attached hydrogens (tertiary/aromatic N) is 4. The molecule has 0 bridgehead atoms. The summed E-state index contributed by atoms with van der Waals surface area (Å²) in [4.78, 5) is 23.1. The lowest BCUT2D eigenvalue weighted by molar-refractivity contribution is 0.0569. The van der Waals surface area contributed by atoms with E-state index in [1.54, 1.807) is 11.1 Å². The molecule has 27 heavy (non-hydrogen) atoms. The van der Waals surface area contributed by atoms with Crippen LogP contribution in [0.2, 0.25) is 0 Å². The van der Waals surface area contributed by atoms with Gasteiger partial charge in [0.2, 0.25) is 11.7 Å². The maximum absolute atomic E-state index is 12.6. The van der Waals surface area contributed by atoms with Crippen LogP contribution in [0.15, 0.2) is 53.2 Å². The largest absolute Gasteiger partial charge is 0.338 e. The highest BCUT2D eigenvalue weighted by Crippen LogP contribution is 2.29. The molecule has 0 unspecified atom stereocenters. The third kappa shape index (κ3) is 3.47. The summed E-state index contributed by atoms with van der Waals surface area (Å²) < 4.78 is 5.37. The molecule has 1 saturated heterocycles. The first kappa shape index (κ1) is 17.4. The second-order valence-corrected chi connectivity index (χ2v) is 7.91. The van der Waals surface area contributed by atoms with Crippen LogP contribution in [-0.2, 0) is 5.41 Å². The summed E-state index contributed by atoms with van der Waals surface area (Å²) in [5, 5.41) is 4.00. The van der Waals surface area contributed by atoms with E-state index < -0.39 is 0 Å². The molecule has 1 aliphatic rings. The summed E-state index contributed by atoms with van der Waals surface area (Å²) >= 11 is 0. The van der Waals surface area contributed by atoms with Crippen LogP contribution in [0.5, 0.6) is 0 Å². The molecular formula is C21H22N4O2. The highest BCUT2D eigenvalue weighted by atomic mass is 16.5. The number of pyridine rings is 1. The van der Waals surface area contributed by atoms with Gasteiger partial charge < -0.3 is 9.42 Å². The van der Waals surface area contributed by atoms with Crippen LogP contribution in [-0.4, -0.2) is 39.0 Å². The zero-order chi connectivity index (χ0) is 19.0. The predicted molar refractivity (Wildman–Crippen MR) is 101 cm³/mol. The molecule has 3 aromatic rings. The number of hydrogen-bond acceptors (Lipinski definition) is 5. The zero-order valence-corrected chi connectivity index (χ0v) is 15.7. The summed E-state index contributed by atoms with van der Waals surface area (Å²) in [7, 11) is 0. The van der Waals surface area contributed by atoms with Gasteiger partial charge in [0.25, 0.3) is 5.91 Å². The van der Waals surface area contributed by atoms with E-state index in [0.717, 1.165) is 0 Å². The number of carbonyl (C=O) groups excluding carboxylic acids is 1. The summed E-state index contributed by atoms with van der Waals surface area (Å²) in [6.45, 7) is 7.65. The lowest BCUT2D eigenvalue weighted by Gasteiger charge is -2.37. The number of amides is 1. The topological polar surface area (TPSA) is 72.1 Å². The van der Waals surface area contributed by atoms with Crippen LogP contribution in [0, 0.1) is 0 Å².